The van der Waals surface area contributed by atoms with Gasteiger partial charge in [-0.15, -0.1) is 0 Å². The van der Waals surface area contributed by atoms with Gasteiger partial charge in [0, 0.05) is 44.3 Å². The van der Waals surface area contributed by atoms with Crippen molar-refractivity contribution in [2.75, 3.05) is 52.5 Å². The summed E-state index contributed by atoms with van der Waals surface area (Å²) >= 11 is 5.91. The van der Waals surface area contributed by atoms with Gasteiger partial charge in [-0.05, 0) is 42.3 Å². The van der Waals surface area contributed by atoms with E-state index in [2.05, 4.69) is 41.0 Å². The van der Waals surface area contributed by atoms with E-state index in [0.717, 1.165) is 45.9 Å². The van der Waals surface area contributed by atoms with E-state index in [9.17, 15) is 5.11 Å². The van der Waals surface area contributed by atoms with Crippen LogP contribution in [0, 0.1) is 6.92 Å². The van der Waals surface area contributed by atoms with Gasteiger partial charge >= 0.3 is 0 Å². The lowest BCUT2D eigenvalue weighted by atomic mass is 10.1. The van der Waals surface area contributed by atoms with E-state index in [4.69, 9.17) is 21.1 Å². The van der Waals surface area contributed by atoms with Crippen molar-refractivity contribution in [2.45, 2.75) is 19.6 Å². The van der Waals surface area contributed by atoms with Crippen LogP contribution in [0.5, 0.6) is 5.75 Å². The van der Waals surface area contributed by atoms with Crippen LogP contribution in [0.25, 0.3) is 0 Å². The van der Waals surface area contributed by atoms with Crippen molar-refractivity contribution < 1.29 is 14.6 Å². The van der Waals surface area contributed by atoms with Gasteiger partial charge in [0.25, 0.3) is 0 Å². The summed E-state index contributed by atoms with van der Waals surface area (Å²) in [6, 6.07) is 15.6. The van der Waals surface area contributed by atoms with Crippen molar-refractivity contribution >= 4 is 11.6 Å². The van der Waals surface area contributed by atoms with E-state index >= 15 is 0 Å². The topological polar surface area (TPSA) is 45.2 Å². The number of halogens is 1. The second kappa shape index (κ2) is 11.5. The molecule has 29 heavy (non-hydrogen) atoms. The van der Waals surface area contributed by atoms with E-state index < -0.39 is 6.10 Å². The quantitative estimate of drug-likeness (QED) is 0.641. The van der Waals surface area contributed by atoms with E-state index in [0.29, 0.717) is 17.3 Å². The van der Waals surface area contributed by atoms with Gasteiger partial charge < -0.3 is 14.6 Å². The van der Waals surface area contributed by atoms with Crippen molar-refractivity contribution in [1.29, 1.82) is 0 Å². The van der Waals surface area contributed by atoms with Gasteiger partial charge in [0.05, 0.1) is 13.2 Å². The summed E-state index contributed by atoms with van der Waals surface area (Å²) in [7, 11) is 0. The zero-order chi connectivity index (χ0) is 20.5. The molecule has 3 rings (SSSR count). The SMILES string of the molecule is Cc1ccccc1CN(CCN1CCOCC1)C[C@@H](O)COc1ccc(Cl)cc1. The fourth-order valence-corrected chi connectivity index (χ4v) is 3.57. The van der Waals surface area contributed by atoms with Gasteiger partial charge in [0.2, 0.25) is 0 Å². The minimum absolute atomic E-state index is 0.253. The van der Waals surface area contributed by atoms with Crippen LogP contribution in [0.1, 0.15) is 11.1 Å². The fourth-order valence-electron chi connectivity index (χ4n) is 3.44. The molecular formula is C23H31ClN2O3. The molecule has 1 N–H and O–H groups in total. The van der Waals surface area contributed by atoms with Crippen LogP contribution in [0.15, 0.2) is 48.5 Å². The van der Waals surface area contributed by atoms with Crippen molar-refractivity contribution in [2.24, 2.45) is 0 Å². The second-order valence-electron chi connectivity index (χ2n) is 7.53. The number of hydrogen-bond acceptors (Lipinski definition) is 5. The number of ether oxygens (including phenoxy) is 2. The van der Waals surface area contributed by atoms with Crippen LogP contribution in [0.4, 0.5) is 0 Å². The van der Waals surface area contributed by atoms with E-state index in [1.54, 1.807) is 12.1 Å². The normalized spacial score (nSPS) is 16.1. The lowest BCUT2D eigenvalue weighted by Crippen LogP contribution is -2.43. The number of hydrogen-bond donors (Lipinski definition) is 1. The molecule has 0 radical (unpaired) electrons. The molecule has 6 heteroatoms. The van der Waals surface area contributed by atoms with Crippen LogP contribution in [-0.2, 0) is 11.3 Å². The van der Waals surface area contributed by atoms with Crippen LogP contribution >= 0.6 is 11.6 Å². The third-order valence-electron chi connectivity index (χ3n) is 5.22. The van der Waals surface area contributed by atoms with E-state index in [-0.39, 0.29) is 6.61 Å². The molecule has 1 saturated heterocycles. The highest BCUT2D eigenvalue weighted by molar-refractivity contribution is 6.30. The smallest absolute Gasteiger partial charge is 0.119 e. The maximum absolute atomic E-state index is 10.6. The third-order valence-corrected chi connectivity index (χ3v) is 5.47. The molecule has 0 unspecified atom stereocenters. The first-order valence-corrected chi connectivity index (χ1v) is 10.6. The maximum atomic E-state index is 10.6. The minimum atomic E-state index is -0.570. The minimum Gasteiger partial charge on any atom is -0.491 e. The highest BCUT2D eigenvalue weighted by Crippen LogP contribution is 2.16. The molecular weight excluding hydrogens is 388 g/mol. The zero-order valence-corrected chi connectivity index (χ0v) is 17.9. The van der Waals surface area contributed by atoms with Gasteiger partial charge in [0.1, 0.15) is 18.5 Å². The molecule has 1 atom stereocenters. The standard InChI is InChI=1S/C23H31ClN2O3/c1-19-4-2-3-5-20(19)16-26(11-10-25-12-14-28-15-13-25)17-22(27)18-29-23-8-6-21(24)7-9-23/h2-9,22,27H,10-18H2,1H3/t22-/m1/s1. The van der Waals surface area contributed by atoms with Gasteiger partial charge in [-0.3, -0.25) is 9.80 Å². The predicted octanol–water partition coefficient (Wildman–Crippen LogP) is 3.22. The molecule has 2 aromatic carbocycles. The molecule has 1 aliphatic rings. The van der Waals surface area contributed by atoms with Gasteiger partial charge in [-0.1, -0.05) is 35.9 Å². The highest BCUT2D eigenvalue weighted by atomic mass is 35.5. The Kier molecular flexibility index (Phi) is 8.77. The summed E-state index contributed by atoms with van der Waals surface area (Å²) < 4.78 is 11.2. The predicted molar refractivity (Wildman–Crippen MR) is 117 cm³/mol. The molecule has 1 heterocycles. The summed E-state index contributed by atoms with van der Waals surface area (Å²) in [5.41, 5.74) is 2.57. The molecule has 0 bridgehead atoms. The average Bonchev–Trinajstić information content (AvgIpc) is 2.74. The van der Waals surface area contributed by atoms with Crippen molar-refractivity contribution in [1.82, 2.24) is 9.80 Å². The van der Waals surface area contributed by atoms with E-state index in [1.807, 2.05) is 12.1 Å². The Morgan fingerprint density at radius 3 is 2.59 bits per heavy atom. The Hall–Kier alpha value is -1.63. The molecule has 0 spiro atoms. The Bertz CT molecular complexity index is 735. The number of rotatable bonds is 10. The number of benzene rings is 2. The largest absolute Gasteiger partial charge is 0.491 e. The number of aliphatic hydroxyl groups excluding tert-OH is 1. The van der Waals surface area contributed by atoms with Crippen LogP contribution in [0.2, 0.25) is 5.02 Å². The number of nitrogens with zero attached hydrogens (tertiary/aromatic N) is 2. The Morgan fingerprint density at radius 1 is 1.14 bits per heavy atom. The molecule has 1 aliphatic heterocycles. The van der Waals surface area contributed by atoms with Crippen LogP contribution in [0.3, 0.4) is 0 Å². The second-order valence-corrected chi connectivity index (χ2v) is 7.97. The van der Waals surface area contributed by atoms with Crippen molar-refractivity contribution in [3.8, 4) is 5.75 Å². The molecule has 5 nitrogen and oxygen atoms in total. The first-order valence-electron chi connectivity index (χ1n) is 10.2. The van der Waals surface area contributed by atoms with Crippen molar-refractivity contribution in [3.05, 3.63) is 64.7 Å². The van der Waals surface area contributed by atoms with Gasteiger partial charge in [0.15, 0.2) is 0 Å². The van der Waals surface area contributed by atoms with Crippen molar-refractivity contribution in [3.63, 3.8) is 0 Å². The van der Waals surface area contributed by atoms with Crippen LogP contribution in [-0.4, -0.2) is 73.6 Å². The third kappa shape index (κ3) is 7.61. The molecule has 0 amide bonds. The fraction of sp³-hybridized carbons (Fsp3) is 0.478. The molecule has 0 aromatic heterocycles. The summed E-state index contributed by atoms with van der Waals surface area (Å²) in [6.07, 6.45) is -0.570. The van der Waals surface area contributed by atoms with Crippen LogP contribution < -0.4 is 4.74 Å². The summed E-state index contributed by atoms with van der Waals surface area (Å²) in [4.78, 5) is 4.73. The molecule has 2 aromatic rings. The molecule has 0 aliphatic carbocycles. The zero-order valence-electron chi connectivity index (χ0n) is 17.1. The van der Waals surface area contributed by atoms with E-state index in [1.165, 1.54) is 11.1 Å². The Morgan fingerprint density at radius 2 is 1.86 bits per heavy atom. The summed E-state index contributed by atoms with van der Waals surface area (Å²) in [5.74, 6) is 0.715. The van der Waals surface area contributed by atoms with Gasteiger partial charge in [-0.25, -0.2) is 0 Å². The molecule has 1 fully saturated rings. The first kappa shape index (κ1) is 22.1. The first-order chi connectivity index (χ1) is 14.1. The highest BCUT2D eigenvalue weighted by Gasteiger charge is 2.17. The monoisotopic (exact) mass is 418 g/mol. The summed E-state index contributed by atoms with van der Waals surface area (Å²) in [5, 5.41) is 11.3. The average molecular weight is 419 g/mol. The summed E-state index contributed by atoms with van der Waals surface area (Å²) in [6.45, 7) is 9.18. The number of aliphatic hydroxyl groups is 1. The Balaban J connectivity index is 1.55. The lowest BCUT2D eigenvalue weighted by Gasteiger charge is -2.31. The Labute approximate surface area is 178 Å². The number of aryl methyl sites for hydroxylation is 1. The number of morpholine rings is 1. The van der Waals surface area contributed by atoms with Gasteiger partial charge in [-0.2, -0.15) is 0 Å². The molecule has 158 valence electrons. The lowest BCUT2D eigenvalue weighted by molar-refractivity contribution is 0.0255. The maximum Gasteiger partial charge on any atom is 0.119 e. The molecule has 0 saturated carbocycles.